The molecule has 0 radical (unpaired) electrons. The zero-order chi connectivity index (χ0) is 10.7. The van der Waals surface area contributed by atoms with Crippen molar-refractivity contribution in [2.24, 2.45) is 0 Å². The molecule has 1 aromatic rings. The minimum Gasteiger partial charge on any atom is -0.393 e. The highest BCUT2D eigenvalue weighted by Crippen LogP contribution is 2.22. The van der Waals surface area contributed by atoms with Crippen LogP contribution in [0.1, 0.15) is 12.5 Å². The van der Waals surface area contributed by atoms with Gasteiger partial charge >= 0.3 is 0 Å². The van der Waals surface area contributed by atoms with Gasteiger partial charge in [-0.2, -0.15) is 0 Å². The molecule has 5 heteroatoms. The fourth-order valence-electron chi connectivity index (χ4n) is 1.20. The van der Waals surface area contributed by atoms with E-state index in [4.69, 9.17) is 5.11 Å². The molecule has 4 nitrogen and oxygen atoms in total. The van der Waals surface area contributed by atoms with Gasteiger partial charge in [-0.1, -0.05) is 6.07 Å². The average molecular weight is 307 g/mol. The van der Waals surface area contributed by atoms with Crippen LogP contribution in [-0.4, -0.2) is 16.1 Å². The molecule has 0 heterocycles. The van der Waals surface area contributed by atoms with Gasteiger partial charge in [-0.3, -0.25) is 10.1 Å². The van der Waals surface area contributed by atoms with Gasteiger partial charge in [-0.05, 0) is 35.6 Å². The molecule has 1 unspecified atom stereocenters. The molecule has 0 bridgehead atoms. The number of benzene rings is 1. The first-order chi connectivity index (χ1) is 6.50. The summed E-state index contributed by atoms with van der Waals surface area (Å²) in [6.07, 6.45) is -0.249. The lowest BCUT2D eigenvalue weighted by Crippen LogP contribution is -2.06. The predicted octanol–water partition coefficient (Wildman–Crippen LogP) is 2.12. The van der Waals surface area contributed by atoms with Crippen LogP contribution in [0, 0.1) is 13.7 Å². The summed E-state index contributed by atoms with van der Waals surface area (Å²) < 4.78 is 0.823. The largest absolute Gasteiger partial charge is 0.393 e. The molecule has 76 valence electrons. The van der Waals surface area contributed by atoms with Crippen molar-refractivity contribution in [1.29, 1.82) is 0 Å². The molecule has 0 aromatic heterocycles. The molecule has 0 fully saturated rings. The predicted molar refractivity (Wildman–Crippen MR) is 61.2 cm³/mol. The van der Waals surface area contributed by atoms with Gasteiger partial charge in [0.25, 0.3) is 5.69 Å². The van der Waals surface area contributed by atoms with Crippen molar-refractivity contribution in [2.45, 2.75) is 19.4 Å². The smallest absolute Gasteiger partial charge is 0.273 e. The summed E-state index contributed by atoms with van der Waals surface area (Å²) in [4.78, 5) is 10.3. The molecule has 0 amide bonds. The maximum Gasteiger partial charge on any atom is 0.273 e. The van der Waals surface area contributed by atoms with Crippen LogP contribution in [-0.2, 0) is 6.42 Å². The second-order valence-electron chi connectivity index (χ2n) is 3.08. The fraction of sp³-hybridized carbons (Fsp3) is 0.333. The van der Waals surface area contributed by atoms with Gasteiger partial charge in [-0.25, -0.2) is 0 Å². The molecule has 1 rings (SSSR count). The lowest BCUT2D eigenvalue weighted by atomic mass is 10.1. The second kappa shape index (κ2) is 4.70. The summed E-state index contributed by atoms with van der Waals surface area (Å²) in [6.45, 7) is 1.61. The Morgan fingerprint density at radius 3 is 2.79 bits per heavy atom. The zero-order valence-corrected chi connectivity index (χ0v) is 9.76. The van der Waals surface area contributed by atoms with E-state index >= 15 is 0 Å². The molecule has 1 aromatic carbocycles. The number of nitro groups is 1. The third kappa shape index (κ3) is 2.91. The number of aliphatic hydroxyl groups is 1. The topological polar surface area (TPSA) is 63.4 Å². The van der Waals surface area contributed by atoms with Gasteiger partial charge in [-0.15, -0.1) is 0 Å². The molecular formula is C9H10INO3. The van der Waals surface area contributed by atoms with Gasteiger partial charge in [0.05, 0.1) is 11.0 Å². The van der Waals surface area contributed by atoms with Crippen LogP contribution in [0.15, 0.2) is 18.2 Å². The molecule has 0 saturated carbocycles. The molecule has 1 atom stereocenters. The van der Waals surface area contributed by atoms with E-state index in [0.29, 0.717) is 12.0 Å². The van der Waals surface area contributed by atoms with E-state index in [0.717, 1.165) is 3.57 Å². The Balaban J connectivity index is 3.08. The van der Waals surface area contributed by atoms with Crippen LogP contribution in [0.25, 0.3) is 0 Å². The first-order valence-electron chi connectivity index (χ1n) is 4.11. The Hall–Kier alpha value is -0.690. The van der Waals surface area contributed by atoms with Crippen LogP contribution >= 0.6 is 22.6 Å². The van der Waals surface area contributed by atoms with Crippen LogP contribution in [0.2, 0.25) is 0 Å². The molecule has 0 aliphatic heterocycles. The third-order valence-corrected chi connectivity index (χ3v) is 2.43. The van der Waals surface area contributed by atoms with Gasteiger partial charge in [0.2, 0.25) is 0 Å². The Labute approximate surface area is 95.2 Å². The zero-order valence-electron chi connectivity index (χ0n) is 7.61. The summed E-state index contributed by atoms with van der Waals surface area (Å²) in [5.41, 5.74) is 0.656. The van der Waals surface area contributed by atoms with E-state index in [1.807, 2.05) is 22.6 Å². The summed E-state index contributed by atoms with van der Waals surface area (Å²) in [5.74, 6) is 0. The first-order valence-corrected chi connectivity index (χ1v) is 5.19. The molecule has 0 saturated heterocycles. The van der Waals surface area contributed by atoms with Crippen LogP contribution in [0.5, 0.6) is 0 Å². The molecule has 14 heavy (non-hydrogen) atoms. The molecule has 0 aliphatic rings. The minimum atomic E-state index is -0.561. The monoisotopic (exact) mass is 307 g/mol. The van der Waals surface area contributed by atoms with Gasteiger partial charge in [0.15, 0.2) is 0 Å². The molecule has 0 aliphatic carbocycles. The highest BCUT2D eigenvalue weighted by atomic mass is 127. The Morgan fingerprint density at radius 2 is 2.29 bits per heavy atom. The molecular weight excluding hydrogens is 297 g/mol. The van der Waals surface area contributed by atoms with Gasteiger partial charge < -0.3 is 5.11 Å². The standard InChI is InChI=1S/C9H10INO3/c1-6(12)4-7-2-3-8(10)5-9(7)11(13)14/h2-3,5-6,12H,4H2,1H3. The highest BCUT2D eigenvalue weighted by molar-refractivity contribution is 14.1. The van der Waals surface area contributed by atoms with E-state index in [1.54, 1.807) is 19.1 Å². The number of halogens is 1. The van der Waals surface area contributed by atoms with E-state index in [1.165, 1.54) is 6.07 Å². The summed E-state index contributed by atoms with van der Waals surface area (Å²) >= 11 is 2.02. The van der Waals surface area contributed by atoms with Crippen molar-refractivity contribution in [1.82, 2.24) is 0 Å². The van der Waals surface area contributed by atoms with Crippen molar-refractivity contribution in [3.63, 3.8) is 0 Å². The van der Waals surface area contributed by atoms with Crippen molar-refractivity contribution >= 4 is 28.3 Å². The van der Waals surface area contributed by atoms with Crippen molar-refractivity contribution < 1.29 is 10.0 Å². The van der Waals surface area contributed by atoms with E-state index in [-0.39, 0.29) is 5.69 Å². The second-order valence-corrected chi connectivity index (χ2v) is 4.33. The number of aliphatic hydroxyl groups excluding tert-OH is 1. The number of nitro benzene ring substituents is 1. The summed E-state index contributed by atoms with van der Waals surface area (Å²) in [5, 5.41) is 19.8. The maximum atomic E-state index is 10.7. The van der Waals surface area contributed by atoms with Crippen LogP contribution in [0.3, 0.4) is 0 Å². The van der Waals surface area contributed by atoms with E-state index < -0.39 is 11.0 Å². The van der Waals surface area contributed by atoms with Crippen LogP contribution in [0.4, 0.5) is 5.69 Å². The number of hydrogen-bond donors (Lipinski definition) is 1. The Bertz CT molecular complexity index is 352. The highest BCUT2D eigenvalue weighted by Gasteiger charge is 2.15. The Kier molecular flexibility index (Phi) is 3.82. The fourth-order valence-corrected chi connectivity index (χ4v) is 1.67. The normalized spacial score (nSPS) is 12.5. The minimum absolute atomic E-state index is 0.0813. The number of hydrogen-bond acceptors (Lipinski definition) is 3. The van der Waals surface area contributed by atoms with Gasteiger partial charge in [0, 0.05) is 21.6 Å². The number of nitrogens with zero attached hydrogens (tertiary/aromatic N) is 1. The lowest BCUT2D eigenvalue weighted by Gasteiger charge is -2.05. The van der Waals surface area contributed by atoms with Crippen molar-refractivity contribution in [3.8, 4) is 0 Å². The number of rotatable bonds is 3. The maximum absolute atomic E-state index is 10.7. The summed E-state index contributed by atoms with van der Waals surface area (Å²) in [7, 11) is 0. The lowest BCUT2D eigenvalue weighted by molar-refractivity contribution is -0.385. The first kappa shape index (κ1) is 11.4. The quantitative estimate of drug-likeness (QED) is 0.528. The van der Waals surface area contributed by atoms with Gasteiger partial charge in [0.1, 0.15) is 0 Å². The molecule has 1 N–H and O–H groups in total. The molecule has 0 spiro atoms. The summed E-state index contributed by atoms with van der Waals surface area (Å²) in [6, 6.07) is 5.00. The van der Waals surface area contributed by atoms with Crippen LogP contribution < -0.4 is 0 Å². The average Bonchev–Trinajstić information content (AvgIpc) is 2.07. The Morgan fingerprint density at radius 1 is 1.64 bits per heavy atom. The van der Waals surface area contributed by atoms with Crippen molar-refractivity contribution in [3.05, 3.63) is 37.4 Å². The SMILES string of the molecule is CC(O)Cc1ccc(I)cc1[N+](=O)[O-]. The third-order valence-electron chi connectivity index (χ3n) is 1.76. The van der Waals surface area contributed by atoms with E-state index in [2.05, 4.69) is 0 Å². The van der Waals surface area contributed by atoms with E-state index in [9.17, 15) is 10.1 Å². The van der Waals surface area contributed by atoms with Crippen molar-refractivity contribution in [2.75, 3.05) is 0 Å².